The molecule has 26 heavy (non-hydrogen) atoms. The van der Waals surface area contributed by atoms with Crippen LogP contribution < -0.4 is 0 Å². The second kappa shape index (κ2) is 6.88. The van der Waals surface area contributed by atoms with Crippen molar-refractivity contribution in [3.05, 3.63) is 34.9 Å². The highest BCUT2D eigenvalue weighted by atomic mass is 16.6. The Morgan fingerprint density at radius 3 is 2.85 bits per heavy atom. The highest BCUT2D eigenvalue weighted by Gasteiger charge is 2.40. The van der Waals surface area contributed by atoms with Gasteiger partial charge in [0.15, 0.2) is 0 Å². The van der Waals surface area contributed by atoms with Crippen LogP contribution in [0.1, 0.15) is 44.9 Å². The number of hydrogen-bond acceptors (Lipinski definition) is 3. The molecular weight excluding hydrogens is 326 g/mol. The van der Waals surface area contributed by atoms with Crippen molar-refractivity contribution in [1.29, 1.82) is 0 Å². The largest absolute Gasteiger partial charge is 0.446 e. The van der Waals surface area contributed by atoms with Gasteiger partial charge in [0.2, 0.25) is 0 Å². The van der Waals surface area contributed by atoms with Gasteiger partial charge in [0.05, 0.1) is 13.2 Å². The molecule has 4 nitrogen and oxygen atoms in total. The average Bonchev–Trinajstić information content (AvgIpc) is 3.17. The molecule has 1 heterocycles. The SMILES string of the molecule is O=C(OC1CCC2=C3C=CC4=CCCC4C3CCC2C1)N1CCOCC1. The van der Waals surface area contributed by atoms with Gasteiger partial charge in [0.1, 0.15) is 6.10 Å². The Morgan fingerprint density at radius 2 is 1.96 bits per heavy atom. The van der Waals surface area contributed by atoms with E-state index in [0.29, 0.717) is 32.2 Å². The predicted octanol–water partition coefficient (Wildman–Crippen LogP) is 4.24. The fourth-order valence-electron chi connectivity index (χ4n) is 5.82. The maximum absolute atomic E-state index is 12.4. The molecule has 5 aliphatic rings. The summed E-state index contributed by atoms with van der Waals surface area (Å²) in [4.78, 5) is 14.2. The van der Waals surface area contributed by atoms with Crippen LogP contribution >= 0.6 is 0 Å². The van der Waals surface area contributed by atoms with Crippen LogP contribution in [0, 0.1) is 17.8 Å². The Kier molecular flexibility index (Phi) is 4.39. The van der Waals surface area contributed by atoms with Crippen molar-refractivity contribution < 1.29 is 14.3 Å². The molecule has 1 aliphatic heterocycles. The highest BCUT2D eigenvalue weighted by molar-refractivity contribution is 5.68. The summed E-state index contributed by atoms with van der Waals surface area (Å²) in [6, 6.07) is 0. The first-order valence-electron chi connectivity index (χ1n) is 10.4. The first-order valence-corrected chi connectivity index (χ1v) is 10.4. The van der Waals surface area contributed by atoms with Crippen molar-refractivity contribution in [3.8, 4) is 0 Å². The number of morpholine rings is 1. The zero-order chi connectivity index (χ0) is 17.5. The predicted molar refractivity (Wildman–Crippen MR) is 99.7 cm³/mol. The van der Waals surface area contributed by atoms with Gasteiger partial charge in [0, 0.05) is 13.1 Å². The van der Waals surface area contributed by atoms with Crippen LogP contribution in [-0.2, 0) is 9.47 Å². The Balaban J connectivity index is 1.27. The van der Waals surface area contributed by atoms with Gasteiger partial charge in [-0.3, -0.25) is 0 Å². The first kappa shape index (κ1) is 16.6. The van der Waals surface area contributed by atoms with Crippen LogP contribution in [0.5, 0.6) is 0 Å². The van der Waals surface area contributed by atoms with E-state index in [4.69, 9.17) is 9.47 Å². The fourth-order valence-corrected chi connectivity index (χ4v) is 5.82. The Morgan fingerprint density at radius 1 is 1.08 bits per heavy atom. The molecule has 0 aromatic heterocycles. The van der Waals surface area contributed by atoms with Crippen LogP contribution in [0.15, 0.2) is 34.9 Å². The van der Waals surface area contributed by atoms with Gasteiger partial charge in [-0.15, -0.1) is 0 Å². The molecule has 1 amide bonds. The number of allylic oxidation sites excluding steroid dienone is 6. The number of amides is 1. The molecule has 0 aromatic carbocycles. The summed E-state index contributed by atoms with van der Waals surface area (Å²) >= 11 is 0. The molecule has 0 bridgehead atoms. The fraction of sp³-hybridized carbons (Fsp3) is 0.682. The van der Waals surface area contributed by atoms with E-state index in [2.05, 4.69) is 18.2 Å². The number of ether oxygens (including phenoxy) is 2. The lowest BCUT2D eigenvalue weighted by Crippen LogP contribution is -2.43. The summed E-state index contributed by atoms with van der Waals surface area (Å²) in [5.74, 6) is 2.15. The van der Waals surface area contributed by atoms with Gasteiger partial charge in [-0.2, -0.15) is 0 Å². The number of carbonyl (C=O) groups is 1. The summed E-state index contributed by atoms with van der Waals surface area (Å²) in [5, 5.41) is 0. The van der Waals surface area contributed by atoms with Crippen LogP contribution in [-0.4, -0.2) is 43.4 Å². The summed E-state index contributed by atoms with van der Waals surface area (Å²) in [6.45, 7) is 2.58. The number of nitrogens with zero attached hydrogens (tertiary/aromatic N) is 1. The smallest absolute Gasteiger partial charge is 0.410 e. The summed E-state index contributed by atoms with van der Waals surface area (Å²) in [6.07, 6.45) is 15.5. The average molecular weight is 355 g/mol. The zero-order valence-corrected chi connectivity index (χ0v) is 15.5. The van der Waals surface area contributed by atoms with E-state index in [1.807, 2.05) is 0 Å². The van der Waals surface area contributed by atoms with Crippen molar-refractivity contribution in [2.24, 2.45) is 17.8 Å². The summed E-state index contributed by atoms with van der Waals surface area (Å²) in [7, 11) is 0. The molecule has 2 fully saturated rings. The zero-order valence-electron chi connectivity index (χ0n) is 15.5. The second-order valence-corrected chi connectivity index (χ2v) is 8.46. The minimum absolute atomic E-state index is 0.0887. The van der Waals surface area contributed by atoms with E-state index < -0.39 is 0 Å². The third kappa shape index (κ3) is 2.92. The van der Waals surface area contributed by atoms with Gasteiger partial charge < -0.3 is 14.4 Å². The van der Waals surface area contributed by atoms with Gasteiger partial charge in [-0.25, -0.2) is 4.79 Å². The normalized spacial score (nSPS) is 36.2. The number of carbonyl (C=O) groups excluding carboxylic acids is 1. The van der Waals surface area contributed by atoms with Crippen molar-refractivity contribution in [2.45, 2.75) is 51.0 Å². The molecule has 4 unspecified atom stereocenters. The lowest BCUT2D eigenvalue weighted by Gasteiger charge is -2.42. The third-order valence-corrected chi connectivity index (χ3v) is 7.14. The van der Waals surface area contributed by atoms with Gasteiger partial charge in [-0.1, -0.05) is 23.8 Å². The van der Waals surface area contributed by atoms with Crippen molar-refractivity contribution >= 4 is 6.09 Å². The Labute approximate surface area is 155 Å². The van der Waals surface area contributed by atoms with Crippen molar-refractivity contribution in [2.75, 3.05) is 26.3 Å². The van der Waals surface area contributed by atoms with E-state index in [0.717, 1.165) is 31.1 Å². The van der Waals surface area contributed by atoms with E-state index >= 15 is 0 Å². The molecule has 0 radical (unpaired) electrons. The quantitative estimate of drug-likeness (QED) is 0.706. The molecule has 0 aromatic rings. The van der Waals surface area contributed by atoms with Gasteiger partial charge >= 0.3 is 6.09 Å². The third-order valence-electron chi connectivity index (χ3n) is 7.14. The number of hydrogen-bond donors (Lipinski definition) is 0. The minimum Gasteiger partial charge on any atom is -0.446 e. The van der Waals surface area contributed by atoms with Crippen LogP contribution in [0.4, 0.5) is 4.79 Å². The molecule has 4 aliphatic carbocycles. The maximum Gasteiger partial charge on any atom is 0.410 e. The van der Waals surface area contributed by atoms with Crippen LogP contribution in [0.2, 0.25) is 0 Å². The molecular formula is C22H29NO3. The maximum atomic E-state index is 12.4. The van der Waals surface area contributed by atoms with Crippen LogP contribution in [0.3, 0.4) is 0 Å². The molecule has 1 saturated carbocycles. The Bertz CT molecular complexity index is 671. The minimum atomic E-state index is -0.138. The molecule has 140 valence electrons. The standard InChI is InChI=1S/C22H29NO3/c24-22(23-10-12-25-13-11-23)26-17-6-9-19-16(14-17)5-8-20-18-3-1-2-15(18)4-7-21(19)20/h2,4,7,16-18,20H,1,3,5-6,8-14H2. The van der Waals surface area contributed by atoms with Crippen molar-refractivity contribution in [1.82, 2.24) is 4.90 Å². The first-order chi connectivity index (χ1) is 12.8. The monoisotopic (exact) mass is 355 g/mol. The Hall–Kier alpha value is -1.55. The number of rotatable bonds is 1. The lowest BCUT2D eigenvalue weighted by atomic mass is 9.64. The molecule has 0 N–H and O–H groups in total. The van der Waals surface area contributed by atoms with Gasteiger partial charge in [-0.05, 0) is 73.8 Å². The van der Waals surface area contributed by atoms with E-state index in [-0.39, 0.29) is 12.2 Å². The summed E-state index contributed by atoms with van der Waals surface area (Å²) < 4.78 is 11.2. The molecule has 5 rings (SSSR count). The molecule has 0 spiro atoms. The second-order valence-electron chi connectivity index (χ2n) is 8.46. The molecule has 1 saturated heterocycles. The lowest BCUT2D eigenvalue weighted by molar-refractivity contribution is 0.00310. The number of fused-ring (bicyclic) bond motifs is 4. The van der Waals surface area contributed by atoms with Crippen molar-refractivity contribution in [3.63, 3.8) is 0 Å². The van der Waals surface area contributed by atoms with Gasteiger partial charge in [0.25, 0.3) is 0 Å². The highest BCUT2D eigenvalue weighted by Crippen LogP contribution is 2.51. The molecule has 4 heteroatoms. The summed E-state index contributed by atoms with van der Waals surface area (Å²) in [5.41, 5.74) is 4.91. The topological polar surface area (TPSA) is 38.8 Å². The molecule has 4 atom stereocenters. The van der Waals surface area contributed by atoms with E-state index in [1.165, 1.54) is 25.7 Å². The van der Waals surface area contributed by atoms with Crippen LogP contribution in [0.25, 0.3) is 0 Å². The van der Waals surface area contributed by atoms with E-state index in [1.54, 1.807) is 21.6 Å². The van der Waals surface area contributed by atoms with E-state index in [9.17, 15) is 4.79 Å².